The van der Waals surface area contributed by atoms with E-state index in [1.807, 2.05) is 19.9 Å². The maximum atomic E-state index is 13.8. The first-order valence-electron chi connectivity index (χ1n) is 23.8. The zero-order chi connectivity index (χ0) is 52.9. The number of carboxylic acids is 2. The van der Waals surface area contributed by atoms with Crippen molar-refractivity contribution in [2.24, 2.45) is 23.7 Å². The third kappa shape index (κ3) is 16.3. The lowest BCUT2D eigenvalue weighted by Gasteiger charge is -2.50. The molecule has 7 N–H and O–H groups in total. The Kier molecular flexibility index (Phi) is 24.1. The van der Waals surface area contributed by atoms with Gasteiger partial charge in [-0.15, -0.1) is 0 Å². The van der Waals surface area contributed by atoms with Gasteiger partial charge in [0.1, 0.15) is 49.0 Å². The first-order valence-corrected chi connectivity index (χ1v) is 23.8. The fourth-order valence-corrected chi connectivity index (χ4v) is 9.51. The highest BCUT2D eigenvalue weighted by Crippen LogP contribution is 2.37. The number of hydrogen-bond acceptors (Lipinski definition) is 20. The summed E-state index contributed by atoms with van der Waals surface area (Å²) < 4.78 is 54.7. The van der Waals surface area contributed by atoms with Gasteiger partial charge in [-0.25, -0.2) is 9.59 Å². The van der Waals surface area contributed by atoms with Crippen LogP contribution in [0.25, 0.3) is 0 Å². The predicted octanol–water partition coefficient (Wildman–Crippen LogP) is 0.989. The number of carboxylic acid groups (broad SMARTS) is 2. The molecule has 4 heterocycles. The van der Waals surface area contributed by atoms with Gasteiger partial charge >= 0.3 is 17.9 Å². The number of hydrogen-bond donors (Lipinski definition) is 7. The van der Waals surface area contributed by atoms with Crippen molar-refractivity contribution in [1.29, 1.82) is 0 Å². The topological polar surface area (TPSA) is 313 Å². The minimum Gasteiger partial charge on any atom is -0.473 e. The number of esters is 1. The maximum Gasteiger partial charge on any atom is 0.414 e. The molecule has 0 aliphatic carbocycles. The van der Waals surface area contributed by atoms with Crippen LogP contribution in [0.1, 0.15) is 87.5 Å². The van der Waals surface area contributed by atoms with Crippen LogP contribution in [-0.4, -0.2) is 209 Å². The van der Waals surface area contributed by atoms with Crippen LogP contribution in [0, 0.1) is 23.7 Å². The van der Waals surface area contributed by atoms with Crippen molar-refractivity contribution >= 4 is 30.0 Å². The summed E-state index contributed by atoms with van der Waals surface area (Å²) in [5, 5.41) is 70.6. The molecule has 402 valence electrons. The Labute approximate surface area is 410 Å². The number of ether oxygens (including phenoxy) is 9. The maximum absolute atomic E-state index is 13.8. The van der Waals surface area contributed by atoms with Gasteiger partial charge in [-0.3, -0.25) is 9.59 Å². The molecule has 0 aromatic carbocycles. The summed E-state index contributed by atoms with van der Waals surface area (Å²) in [5.74, 6) is -7.24. The third-order valence-electron chi connectivity index (χ3n) is 13.6. The molecule has 0 aromatic rings. The zero-order valence-electron chi connectivity index (χ0n) is 42.4. The molecule has 4 aliphatic rings. The van der Waals surface area contributed by atoms with Crippen LogP contribution in [0.15, 0.2) is 23.8 Å². The summed E-state index contributed by atoms with van der Waals surface area (Å²) in [4.78, 5) is 59.7. The molecule has 0 saturated carbocycles. The van der Waals surface area contributed by atoms with Crippen molar-refractivity contribution in [2.45, 2.75) is 191 Å². The largest absolute Gasteiger partial charge is 0.473 e. The van der Waals surface area contributed by atoms with Crippen LogP contribution in [0.4, 0.5) is 0 Å². The van der Waals surface area contributed by atoms with Crippen LogP contribution >= 0.6 is 0 Å². The summed E-state index contributed by atoms with van der Waals surface area (Å²) >= 11 is 0. The average molecular weight is 1010 g/mol. The van der Waals surface area contributed by atoms with E-state index in [1.54, 1.807) is 59.7 Å². The summed E-state index contributed by atoms with van der Waals surface area (Å²) in [6.07, 6.45) is -8.49. The molecule has 4 aliphatic heterocycles. The number of aliphatic hydroxyl groups excluding tert-OH is 4. The fourth-order valence-electron chi connectivity index (χ4n) is 9.51. The molecule has 3 saturated heterocycles. The predicted molar refractivity (Wildman–Crippen MR) is 246 cm³/mol. The Bertz CT molecular complexity index is 1750. The standard InChI is InChI=1S/C46H77NO17.C2H2O4/c1-13-33-30(22-58-45-42(57-12)41(56-11)37(52)26(5)60-45)18-23(2)14-15-31(49)24(3)19-29(16-17-48)39(25(4)32(50)20-34(51)62-33)64-44-38(53)36(47(9)10)40(27(6)61-44)63-35-21-46(8,55)43(54)28(7)59-35;3-1(4)2(5)6/h14-15,17-18,24-30,32-33,35-45,50,52-55H,13,16,19-22H2,1-12H3;(H,3,4)(H,5,6)/b15-14+,23-18+;/t24-,25+,26-,27-,28+,29+,30?,32-,33-,35+,36-,37-,38-,39-,40-,41-,42-,43+,44+,45-,46-;/m1./s1. The van der Waals surface area contributed by atoms with Crippen molar-refractivity contribution in [3.63, 3.8) is 0 Å². The number of rotatable bonds is 13. The van der Waals surface area contributed by atoms with E-state index in [9.17, 15) is 39.9 Å². The molecule has 22 nitrogen and oxygen atoms in total. The van der Waals surface area contributed by atoms with Crippen LogP contribution in [0.5, 0.6) is 0 Å². The normalized spacial score (nSPS) is 42.6. The molecule has 0 spiro atoms. The number of cyclic esters (lactones) is 1. The molecule has 4 rings (SSSR count). The van der Waals surface area contributed by atoms with Crippen LogP contribution in [-0.2, 0) is 66.6 Å². The number of allylic oxidation sites excluding steroid dienone is 3. The molecule has 70 heavy (non-hydrogen) atoms. The molecule has 1 unspecified atom stereocenters. The van der Waals surface area contributed by atoms with E-state index >= 15 is 0 Å². The molecule has 3 fully saturated rings. The van der Waals surface area contributed by atoms with E-state index in [4.69, 9.17) is 62.4 Å². The highest BCUT2D eigenvalue weighted by atomic mass is 16.7. The summed E-state index contributed by atoms with van der Waals surface area (Å²) in [6.45, 7) is 13.6. The van der Waals surface area contributed by atoms with Gasteiger partial charge in [-0.05, 0) is 73.5 Å². The van der Waals surface area contributed by atoms with E-state index in [2.05, 4.69) is 0 Å². The van der Waals surface area contributed by atoms with Gasteiger partial charge in [-0.1, -0.05) is 38.5 Å². The molecule has 0 radical (unpaired) electrons. The summed E-state index contributed by atoms with van der Waals surface area (Å²) in [5.41, 5.74) is -0.806. The molecule has 22 heteroatoms. The van der Waals surface area contributed by atoms with Gasteiger partial charge in [0.15, 0.2) is 24.7 Å². The highest BCUT2D eigenvalue weighted by Gasteiger charge is 2.52. The Hall–Kier alpha value is -3.33. The van der Waals surface area contributed by atoms with Gasteiger partial charge in [0.05, 0.1) is 55.2 Å². The molecular weight excluding hydrogens is 927 g/mol. The van der Waals surface area contributed by atoms with Crippen molar-refractivity contribution in [3.8, 4) is 0 Å². The van der Waals surface area contributed by atoms with E-state index in [1.165, 1.54) is 27.2 Å². The lowest BCUT2D eigenvalue weighted by atomic mass is 9.79. The van der Waals surface area contributed by atoms with Crippen LogP contribution in [0.2, 0.25) is 0 Å². The number of aldehydes is 1. The minimum atomic E-state index is -1.82. The van der Waals surface area contributed by atoms with Crippen molar-refractivity contribution in [2.75, 3.05) is 34.9 Å². The second-order valence-corrected chi connectivity index (χ2v) is 19.4. The third-order valence-corrected chi connectivity index (χ3v) is 13.6. The molecule has 21 atom stereocenters. The van der Waals surface area contributed by atoms with Gasteiger partial charge < -0.3 is 88.1 Å². The molecule has 0 bridgehead atoms. The Balaban J connectivity index is 0.00000202. The van der Waals surface area contributed by atoms with Gasteiger partial charge in [0.25, 0.3) is 0 Å². The number of ketones is 1. The quantitative estimate of drug-likeness (QED) is 0.0769. The average Bonchev–Trinajstić information content (AvgIpc) is 3.28. The smallest absolute Gasteiger partial charge is 0.414 e. The summed E-state index contributed by atoms with van der Waals surface area (Å²) in [6, 6.07) is -0.748. The summed E-state index contributed by atoms with van der Waals surface area (Å²) in [7, 11) is 6.43. The van der Waals surface area contributed by atoms with Crippen molar-refractivity contribution < 1.29 is 102 Å². The Morgan fingerprint density at radius 1 is 0.843 bits per heavy atom. The second kappa shape index (κ2) is 27.6. The van der Waals surface area contributed by atoms with Crippen LogP contribution in [0.3, 0.4) is 0 Å². The first-order chi connectivity index (χ1) is 32.7. The van der Waals surface area contributed by atoms with Gasteiger partial charge in [0, 0.05) is 44.8 Å². The molecular formula is C48H79NO21. The molecule has 0 aromatic heterocycles. The van der Waals surface area contributed by atoms with E-state index < -0.39 is 152 Å². The fraction of sp³-hybridized carbons (Fsp3) is 0.812. The second-order valence-electron chi connectivity index (χ2n) is 19.4. The van der Waals surface area contributed by atoms with E-state index in [0.29, 0.717) is 12.0 Å². The van der Waals surface area contributed by atoms with E-state index in [0.717, 1.165) is 6.29 Å². The lowest BCUT2D eigenvalue weighted by Crippen LogP contribution is -2.65. The first kappa shape index (κ1) is 61.0. The van der Waals surface area contributed by atoms with Crippen LogP contribution < -0.4 is 0 Å². The Morgan fingerprint density at radius 3 is 2.00 bits per heavy atom. The number of nitrogens with zero attached hydrogens (tertiary/aromatic N) is 1. The van der Waals surface area contributed by atoms with Crippen molar-refractivity contribution in [3.05, 3.63) is 23.8 Å². The van der Waals surface area contributed by atoms with Gasteiger partial charge in [-0.2, -0.15) is 0 Å². The zero-order valence-corrected chi connectivity index (χ0v) is 42.4. The number of aliphatic hydroxyl groups is 5. The van der Waals surface area contributed by atoms with E-state index in [-0.39, 0.29) is 31.7 Å². The van der Waals surface area contributed by atoms with Gasteiger partial charge in [0.2, 0.25) is 0 Å². The number of aliphatic carboxylic acids is 2. The highest BCUT2D eigenvalue weighted by molar-refractivity contribution is 6.27. The number of carbonyl (C=O) groups excluding carboxylic acids is 3. The number of methoxy groups -OCH3 is 2. The Morgan fingerprint density at radius 2 is 1.46 bits per heavy atom. The number of carbonyl (C=O) groups is 5. The monoisotopic (exact) mass is 1010 g/mol. The number of likely N-dealkylation sites (N-methyl/N-ethyl adjacent to an activating group) is 1. The molecule has 0 amide bonds. The minimum absolute atomic E-state index is 0.00788. The SMILES string of the molecule is CC[C@H]1OC(=O)C[C@@H](O)[C@H](C)[C@@H](O[C@@H]2O[C@H](C)[C@@H](O[C@H]3C[C@@](C)(O)[C@@H](O)[C@H](C)O3)[C@H](N(C)C)[C@H]2O)[C@@H](CC=O)C[C@@H](C)C(=O)/C=C/C(C)=C/C1CO[C@@H]1O[C@H](C)[C@@H](O)[C@@H](OC)[C@H]1OC.O=C(O)C(=O)O. The lowest BCUT2D eigenvalue weighted by molar-refractivity contribution is -0.341. The van der Waals surface area contributed by atoms with Crippen molar-refractivity contribution in [1.82, 2.24) is 4.90 Å².